The van der Waals surface area contributed by atoms with Crippen LogP contribution in [0.4, 0.5) is 0 Å². The van der Waals surface area contributed by atoms with Gasteiger partial charge in [0, 0.05) is 38.3 Å². The van der Waals surface area contributed by atoms with Gasteiger partial charge in [-0.1, -0.05) is 60.7 Å². The van der Waals surface area contributed by atoms with Gasteiger partial charge in [-0.3, -0.25) is 19.6 Å². The van der Waals surface area contributed by atoms with E-state index >= 15 is 0 Å². The molecule has 1 aromatic heterocycles. The zero-order valence-corrected chi connectivity index (χ0v) is 16.8. The Morgan fingerprint density at radius 1 is 0.933 bits per heavy atom. The van der Waals surface area contributed by atoms with Crippen LogP contribution in [0.1, 0.15) is 15.9 Å². The molecular formula is C23H25N5O2. The first kappa shape index (κ1) is 19.8. The molecule has 0 bridgehead atoms. The number of hydrogen-bond acceptors (Lipinski definition) is 4. The van der Waals surface area contributed by atoms with Crippen LogP contribution in [0.15, 0.2) is 66.9 Å². The number of nitrogens with zero attached hydrogens (tertiary/aromatic N) is 3. The molecule has 154 valence electrons. The third kappa shape index (κ3) is 4.75. The van der Waals surface area contributed by atoms with Crippen molar-refractivity contribution in [3.8, 4) is 11.3 Å². The van der Waals surface area contributed by atoms with E-state index in [1.807, 2.05) is 53.4 Å². The molecule has 2 heterocycles. The Balaban J connectivity index is 1.27. The molecule has 0 unspecified atom stereocenters. The Hall–Kier alpha value is -3.45. The Labute approximate surface area is 175 Å². The van der Waals surface area contributed by atoms with Crippen LogP contribution >= 0.6 is 0 Å². The van der Waals surface area contributed by atoms with E-state index in [1.165, 1.54) is 11.8 Å². The summed E-state index contributed by atoms with van der Waals surface area (Å²) in [5.74, 6) is -0.369. The fourth-order valence-electron chi connectivity index (χ4n) is 3.64. The van der Waals surface area contributed by atoms with E-state index in [-0.39, 0.29) is 18.4 Å². The molecule has 0 aliphatic carbocycles. The van der Waals surface area contributed by atoms with Gasteiger partial charge in [-0.05, 0) is 5.56 Å². The minimum absolute atomic E-state index is 0.0169. The maximum absolute atomic E-state index is 12.6. The summed E-state index contributed by atoms with van der Waals surface area (Å²) >= 11 is 0. The minimum Gasteiger partial charge on any atom is -0.343 e. The van der Waals surface area contributed by atoms with Crippen molar-refractivity contribution >= 4 is 11.8 Å². The van der Waals surface area contributed by atoms with Crippen LogP contribution in [0, 0.1) is 0 Å². The summed E-state index contributed by atoms with van der Waals surface area (Å²) in [4.78, 5) is 29.3. The fourth-order valence-corrected chi connectivity index (χ4v) is 3.64. The zero-order valence-electron chi connectivity index (χ0n) is 16.8. The van der Waals surface area contributed by atoms with Gasteiger partial charge in [-0.2, -0.15) is 5.10 Å². The monoisotopic (exact) mass is 403 g/mol. The average molecular weight is 403 g/mol. The summed E-state index contributed by atoms with van der Waals surface area (Å²) in [6.45, 7) is 3.87. The lowest BCUT2D eigenvalue weighted by Gasteiger charge is -2.34. The number of hydrogen-bond donors (Lipinski definition) is 2. The number of nitrogens with one attached hydrogen (secondary N) is 2. The molecule has 0 radical (unpaired) electrons. The van der Waals surface area contributed by atoms with Crippen LogP contribution in [0.5, 0.6) is 0 Å². The number of rotatable bonds is 6. The van der Waals surface area contributed by atoms with Gasteiger partial charge >= 0.3 is 0 Å². The number of benzene rings is 2. The molecule has 7 nitrogen and oxygen atoms in total. The Bertz CT molecular complexity index is 979. The zero-order chi connectivity index (χ0) is 20.8. The van der Waals surface area contributed by atoms with Gasteiger partial charge < -0.3 is 10.2 Å². The highest BCUT2D eigenvalue weighted by Gasteiger charge is 2.22. The lowest BCUT2D eigenvalue weighted by molar-refractivity contribution is -0.131. The summed E-state index contributed by atoms with van der Waals surface area (Å²) in [7, 11) is 0. The van der Waals surface area contributed by atoms with Crippen molar-refractivity contribution in [2.24, 2.45) is 0 Å². The van der Waals surface area contributed by atoms with E-state index in [2.05, 4.69) is 32.5 Å². The highest BCUT2D eigenvalue weighted by molar-refractivity contribution is 6.01. The average Bonchev–Trinajstić information content (AvgIpc) is 3.29. The van der Waals surface area contributed by atoms with E-state index in [0.717, 1.165) is 25.2 Å². The van der Waals surface area contributed by atoms with Crippen LogP contribution < -0.4 is 5.32 Å². The third-order valence-corrected chi connectivity index (χ3v) is 5.32. The number of piperazine rings is 1. The first-order valence-electron chi connectivity index (χ1n) is 10.1. The number of H-pyrrole nitrogens is 1. The van der Waals surface area contributed by atoms with E-state index in [0.29, 0.717) is 24.3 Å². The predicted molar refractivity (Wildman–Crippen MR) is 115 cm³/mol. The normalized spacial score (nSPS) is 14.5. The van der Waals surface area contributed by atoms with Crippen molar-refractivity contribution in [2.75, 3.05) is 32.7 Å². The van der Waals surface area contributed by atoms with Gasteiger partial charge in [-0.25, -0.2) is 0 Å². The SMILES string of the molecule is O=C(NCC(=O)N1CCN(Cc2ccccc2)CC1)c1cn[nH]c1-c1ccccc1. The molecule has 7 heteroatoms. The van der Waals surface area contributed by atoms with Crippen molar-refractivity contribution in [2.45, 2.75) is 6.54 Å². The molecule has 4 rings (SSSR count). The first-order valence-corrected chi connectivity index (χ1v) is 10.1. The van der Waals surface area contributed by atoms with Crippen molar-refractivity contribution in [1.82, 2.24) is 25.3 Å². The molecule has 0 spiro atoms. The lowest BCUT2D eigenvalue weighted by Crippen LogP contribution is -2.50. The smallest absolute Gasteiger partial charge is 0.255 e. The van der Waals surface area contributed by atoms with Crippen molar-refractivity contribution in [3.63, 3.8) is 0 Å². The van der Waals surface area contributed by atoms with E-state index < -0.39 is 0 Å². The molecule has 0 atom stereocenters. The van der Waals surface area contributed by atoms with Gasteiger partial charge in [0.25, 0.3) is 5.91 Å². The van der Waals surface area contributed by atoms with Crippen LogP contribution in [0.3, 0.4) is 0 Å². The van der Waals surface area contributed by atoms with Gasteiger partial charge in [-0.15, -0.1) is 0 Å². The van der Waals surface area contributed by atoms with Gasteiger partial charge in [0.1, 0.15) is 0 Å². The molecule has 2 N–H and O–H groups in total. The van der Waals surface area contributed by atoms with E-state index in [1.54, 1.807) is 0 Å². The summed E-state index contributed by atoms with van der Waals surface area (Å²) in [6.07, 6.45) is 1.49. The summed E-state index contributed by atoms with van der Waals surface area (Å²) in [5, 5.41) is 9.60. The second-order valence-corrected chi connectivity index (χ2v) is 7.35. The summed E-state index contributed by atoms with van der Waals surface area (Å²) in [6, 6.07) is 19.9. The molecule has 30 heavy (non-hydrogen) atoms. The molecule has 1 saturated heterocycles. The molecule has 2 aromatic carbocycles. The molecule has 1 fully saturated rings. The van der Waals surface area contributed by atoms with E-state index in [9.17, 15) is 9.59 Å². The quantitative estimate of drug-likeness (QED) is 0.661. The maximum atomic E-state index is 12.6. The minimum atomic E-state index is -0.307. The second-order valence-electron chi connectivity index (χ2n) is 7.35. The molecule has 3 aromatic rings. The van der Waals surface area contributed by atoms with Crippen molar-refractivity contribution < 1.29 is 9.59 Å². The van der Waals surface area contributed by atoms with Gasteiger partial charge in [0.15, 0.2) is 0 Å². The molecule has 0 saturated carbocycles. The number of carbonyl (C=O) groups is 2. The largest absolute Gasteiger partial charge is 0.343 e. The topological polar surface area (TPSA) is 81.3 Å². The van der Waals surface area contributed by atoms with Crippen molar-refractivity contribution in [1.29, 1.82) is 0 Å². The standard InChI is InChI=1S/C23H25N5O2/c29-21(28-13-11-27(12-14-28)17-18-7-3-1-4-8-18)16-24-23(30)20-15-25-26-22(20)19-9-5-2-6-10-19/h1-10,15H,11-14,16-17H2,(H,24,30)(H,25,26). The molecule has 1 aliphatic heterocycles. The number of aromatic nitrogens is 2. The highest BCUT2D eigenvalue weighted by Crippen LogP contribution is 2.20. The fraction of sp³-hybridized carbons (Fsp3) is 0.261. The maximum Gasteiger partial charge on any atom is 0.255 e. The van der Waals surface area contributed by atoms with Crippen LogP contribution in [-0.2, 0) is 11.3 Å². The Morgan fingerprint density at radius 2 is 1.60 bits per heavy atom. The van der Waals surface area contributed by atoms with Crippen molar-refractivity contribution in [3.05, 3.63) is 78.0 Å². The third-order valence-electron chi connectivity index (χ3n) is 5.32. The lowest BCUT2D eigenvalue weighted by atomic mass is 10.1. The Kier molecular flexibility index (Phi) is 6.20. The Morgan fingerprint density at radius 3 is 2.30 bits per heavy atom. The van der Waals surface area contributed by atoms with Crippen LogP contribution in [0.25, 0.3) is 11.3 Å². The van der Waals surface area contributed by atoms with Gasteiger partial charge in [0.2, 0.25) is 5.91 Å². The van der Waals surface area contributed by atoms with Crippen LogP contribution in [0.2, 0.25) is 0 Å². The molecular weight excluding hydrogens is 378 g/mol. The summed E-state index contributed by atoms with van der Waals surface area (Å²) < 4.78 is 0. The predicted octanol–water partition coefficient (Wildman–Crippen LogP) is 2.15. The second kappa shape index (κ2) is 9.37. The molecule has 1 aliphatic rings. The number of carbonyl (C=O) groups excluding carboxylic acids is 2. The number of amides is 2. The molecule has 2 amide bonds. The van der Waals surface area contributed by atoms with Crippen LogP contribution in [-0.4, -0.2) is 64.5 Å². The van der Waals surface area contributed by atoms with Gasteiger partial charge in [0.05, 0.1) is 24.0 Å². The first-order chi connectivity index (χ1) is 14.7. The highest BCUT2D eigenvalue weighted by atomic mass is 16.2. The summed E-state index contributed by atoms with van der Waals surface area (Å²) in [5.41, 5.74) is 3.23. The number of aromatic amines is 1. The van der Waals surface area contributed by atoms with E-state index in [4.69, 9.17) is 0 Å².